The van der Waals surface area contributed by atoms with Gasteiger partial charge >= 0.3 is 0 Å². The van der Waals surface area contributed by atoms with E-state index in [-0.39, 0.29) is 0 Å². The van der Waals surface area contributed by atoms with Crippen LogP contribution in [0.15, 0.2) is 24.3 Å². The third-order valence-electron chi connectivity index (χ3n) is 1.84. The maximum atomic E-state index is 2.21. The second-order valence-electron chi connectivity index (χ2n) is 3.10. The van der Waals surface area contributed by atoms with Crippen LogP contribution in [-0.2, 0) is 12.8 Å². The molecule has 0 aliphatic carbocycles. The van der Waals surface area contributed by atoms with E-state index in [9.17, 15) is 0 Å². The van der Waals surface area contributed by atoms with Gasteiger partial charge in [-0.1, -0.05) is 51.8 Å². The van der Waals surface area contributed by atoms with Gasteiger partial charge in [0.2, 0.25) is 0 Å². The fourth-order valence-electron chi connectivity index (χ4n) is 1.01. The second-order valence-corrected chi connectivity index (χ2v) is 3.10. The van der Waals surface area contributed by atoms with Crippen LogP contribution < -0.4 is 0 Å². The highest BCUT2D eigenvalue weighted by atomic mass is 13.9. The summed E-state index contributed by atoms with van der Waals surface area (Å²) in [5.41, 5.74) is 2.86. The van der Waals surface area contributed by atoms with E-state index in [1.807, 2.05) is 20.9 Å². The molecule has 0 saturated heterocycles. The Morgan fingerprint density at radius 3 is 1.23 bits per heavy atom. The molecule has 0 nitrogen and oxygen atoms in total. The van der Waals surface area contributed by atoms with E-state index >= 15 is 0 Å². The van der Waals surface area contributed by atoms with Gasteiger partial charge in [-0.2, -0.15) is 0 Å². The fraction of sp³-hybridized carbons (Fsp3) is 0.500. The SMILES string of the molecule is CCc1ccc(CC)cc1.C[B]C. The van der Waals surface area contributed by atoms with Crippen molar-refractivity contribution in [3.05, 3.63) is 35.4 Å². The van der Waals surface area contributed by atoms with Crippen LogP contribution >= 0.6 is 0 Å². The molecule has 1 radical (unpaired) electrons. The Kier molecular flexibility index (Phi) is 7.47. The second kappa shape index (κ2) is 7.91. The lowest BCUT2D eigenvalue weighted by molar-refractivity contribution is 1.10. The van der Waals surface area contributed by atoms with E-state index in [0.717, 1.165) is 12.8 Å². The molecule has 1 heteroatoms. The molecule has 1 rings (SSSR count). The predicted octanol–water partition coefficient (Wildman–Crippen LogP) is 3.60. The van der Waals surface area contributed by atoms with Crippen molar-refractivity contribution < 1.29 is 0 Å². The molecule has 0 fully saturated rings. The molecule has 0 N–H and O–H groups in total. The van der Waals surface area contributed by atoms with Crippen molar-refractivity contribution in [1.29, 1.82) is 0 Å². The first-order valence-corrected chi connectivity index (χ1v) is 5.10. The van der Waals surface area contributed by atoms with Crippen LogP contribution in [0.2, 0.25) is 13.6 Å². The molecule has 0 heterocycles. The van der Waals surface area contributed by atoms with Crippen LogP contribution in [0.4, 0.5) is 0 Å². The van der Waals surface area contributed by atoms with Crippen LogP contribution in [0.1, 0.15) is 25.0 Å². The molecule has 1 aromatic rings. The van der Waals surface area contributed by atoms with E-state index < -0.39 is 0 Å². The van der Waals surface area contributed by atoms with Crippen molar-refractivity contribution in [1.82, 2.24) is 0 Å². The largest absolute Gasteiger partial charge is 0.102 e. The van der Waals surface area contributed by atoms with Crippen molar-refractivity contribution >= 4 is 7.28 Å². The molecule has 0 amide bonds. The van der Waals surface area contributed by atoms with Gasteiger partial charge in [0.15, 0.2) is 0 Å². The first-order chi connectivity index (χ1) is 6.28. The maximum Gasteiger partial charge on any atom is 0.102 e. The summed E-state index contributed by atoms with van der Waals surface area (Å²) in [7, 11) is 2.00. The molecular weight excluding hydrogens is 155 g/mol. The van der Waals surface area contributed by atoms with E-state index in [0.29, 0.717) is 0 Å². The van der Waals surface area contributed by atoms with Crippen LogP contribution in [0.5, 0.6) is 0 Å². The van der Waals surface area contributed by atoms with Gasteiger partial charge in [0.1, 0.15) is 7.28 Å². The summed E-state index contributed by atoms with van der Waals surface area (Å²) >= 11 is 0. The zero-order valence-corrected chi connectivity index (χ0v) is 9.30. The average molecular weight is 175 g/mol. The minimum absolute atomic E-state index is 1.14. The van der Waals surface area contributed by atoms with Crippen molar-refractivity contribution in [3.8, 4) is 0 Å². The number of rotatable bonds is 2. The van der Waals surface area contributed by atoms with Gasteiger partial charge in [-0.3, -0.25) is 0 Å². The summed E-state index contributed by atoms with van der Waals surface area (Å²) < 4.78 is 0. The van der Waals surface area contributed by atoms with Gasteiger partial charge in [0, 0.05) is 0 Å². The van der Waals surface area contributed by atoms with Gasteiger partial charge in [-0.25, -0.2) is 0 Å². The van der Waals surface area contributed by atoms with Crippen LogP contribution in [0.3, 0.4) is 0 Å². The van der Waals surface area contributed by atoms with E-state index in [4.69, 9.17) is 0 Å². The molecule has 0 atom stereocenters. The molecule has 13 heavy (non-hydrogen) atoms. The predicted molar refractivity (Wildman–Crippen MR) is 62.7 cm³/mol. The summed E-state index contributed by atoms with van der Waals surface area (Å²) in [6, 6.07) is 8.83. The summed E-state index contributed by atoms with van der Waals surface area (Å²) in [6.45, 7) is 8.36. The van der Waals surface area contributed by atoms with E-state index in [1.165, 1.54) is 11.1 Å². The minimum Gasteiger partial charge on any atom is -0.0922 e. The highest BCUT2D eigenvalue weighted by Gasteiger charge is 1.88. The third kappa shape index (κ3) is 5.51. The van der Waals surface area contributed by atoms with Crippen molar-refractivity contribution in [2.24, 2.45) is 0 Å². The van der Waals surface area contributed by atoms with Crippen molar-refractivity contribution in [2.45, 2.75) is 40.3 Å². The normalized spacial score (nSPS) is 8.62. The van der Waals surface area contributed by atoms with Crippen molar-refractivity contribution in [3.63, 3.8) is 0 Å². The Balaban J connectivity index is 0.000000424. The zero-order valence-electron chi connectivity index (χ0n) is 9.30. The average Bonchev–Trinajstić information content (AvgIpc) is 2.19. The lowest BCUT2D eigenvalue weighted by Gasteiger charge is -1.97. The molecule has 0 aromatic heterocycles. The number of benzene rings is 1. The first kappa shape index (κ1) is 12.3. The molecule has 0 saturated carbocycles. The summed E-state index contributed by atoms with van der Waals surface area (Å²) in [5, 5.41) is 0. The molecule has 0 bridgehead atoms. The monoisotopic (exact) mass is 175 g/mol. The Morgan fingerprint density at radius 2 is 1.08 bits per heavy atom. The standard InChI is InChI=1S/C10H14.C2H6B/c1-3-9-5-7-10(4-2)8-6-9;1-3-2/h5-8H,3-4H2,1-2H3;1-2H3. The summed E-state index contributed by atoms with van der Waals surface area (Å²) in [4.78, 5) is 0. The number of hydrogen-bond donors (Lipinski definition) is 0. The maximum absolute atomic E-state index is 2.21. The van der Waals surface area contributed by atoms with Gasteiger partial charge in [0.25, 0.3) is 0 Å². The molecule has 0 aliphatic rings. The fourth-order valence-corrected chi connectivity index (χ4v) is 1.01. The highest BCUT2D eigenvalue weighted by Crippen LogP contribution is 2.04. The Bertz CT molecular complexity index is 178. The van der Waals surface area contributed by atoms with Gasteiger partial charge in [0.05, 0.1) is 0 Å². The highest BCUT2D eigenvalue weighted by molar-refractivity contribution is 6.31. The number of aryl methyl sites for hydroxylation is 2. The van der Waals surface area contributed by atoms with Crippen LogP contribution in [0.25, 0.3) is 0 Å². The third-order valence-corrected chi connectivity index (χ3v) is 1.84. The van der Waals surface area contributed by atoms with Gasteiger partial charge in [-0.15, -0.1) is 0 Å². The molecule has 71 valence electrons. The molecule has 1 aromatic carbocycles. The van der Waals surface area contributed by atoms with Crippen LogP contribution in [-0.4, -0.2) is 7.28 Å². The first-order valence-electron chi connectivity index (χ1n) is 5.10. The molecule has 0 unspecified atom stereocenters. The lowest BCUT2D eigenvalue weighted by atomic mass is 9.88. The molecule has 0 spiro atoms. The van der Waals surface area contributed by atoms with Crippen LogP contribution in [0, 0.1) is 0 Å². The van der Waals surface area contributed by atoms with Gasteiger partial charge < -0.3 is 0 Å². The van der Waals surface area contributed by atoms with E-state index in [1.54, 1.807) is 0 Å². The Morgan fingerprint density at radius 1 is 0.846 bits per heavy atom. The topological polar surface area (TPSA) is 0 Å². The van der Waals surface area contributed by atoms with Crippen molar-refractivity contribution in [2.75, 3.05) is 0 Å². The summed E-state index contributed by atoms with van der Waals surface area (Å²) in [6.07, 6.45) is 2.29. The van der Waals surface area contributed by atoms with E-state index in [2.05, 4.69) is 38.1 Å². The Labute approximate surface area is 83.6 Å². The Hall–Kier alpha value is -0.715. The lowest BCUT2D eigenvalue weighted by Crippen LogP contribution is -1.81. The summed E-state index contributed by atoms with van der Waals surface area (Å²) in [5.74, 6) is 0. The molecular formula is C12H20B. The minimum atomic E-state index is 1.14. The molecule has 0 aliphatic heterocycles. The zero-order chi connectivity index (χ0) is 10.1. The quantitative estimate of drug-likeness (QED) is 0.602. The smallest absolute Gasteiger partial charge is 0.0922 e. The number of hydrogen-bond acceptors (Lipinski definition) is 0. The van der Waals surface area contributed by atoms with Gasteiger partial charge in [-0.05, 0) is 24.0 Å².